The number of amides is 2. The van der Waals surface area contributed by atoms with Crippen LogP contribution in [0, 0.1) is 0 Å². The zero-order valence-electron chi connectivity index (χ0n) is 21.7. The summed E-state index contributed by atoms with van der Waals surface area (Å²) in [6, 6.07) is 7.63. The fraction of sp³-hybridized carbons (Fsp3) is 0.538. The summed E-state index contributed by atoms with van der Waals surface area (Å²) in [5.41, 5.74) is 1.16. The molecule has 204 valence electrons. The molecule has 2 fully saturated rings. The molecule has 12 heteroatoms. The van der Waals surface area contributed by atoms with E-state index in [1.165, 1.54) is 11.3 Å². The molecule has 3 aromatic heterocycles. The van der Waals surface area contributed by atoms with E-state index in [0.29, 0.717) is 53.8 Å². The van der Waals surface area contributed by atoms with Gasteiger partial charge in [-0.1, -0.05) is 16.8 Å². The zero-order valence-corrected chi connectivity index (χ0v) is 23.3. The second kappa shape index (κ2) is 12.0. The number of carbonyl (C=O) groups is 2. The molecule has 0 spiro atoms. The van der Waals surface area contributed by atoms with Crippen molar-refractivity contribution in [2.24, 2.45) is 0 Å². The number of piperidine rings is 1. The van der Waals surface area contributed by atoms with Gasteiger partial charge in [0.2, 0.25) is 0 Å². The minimum atomic E-state index is -0.243. The van der Waals surface area contributed by atoms with Crippen molar-refractivity contribution in [2.45, 2.75) is 51.7 Å². The van der Waals surface area contributed by atoms with Crippen LogP contribution in [0.2, 0.25) is 4.34 Å². The third-order valence-electron chi connectivity index (χ3n) is 7.02. The highest BCUT2D eigenvalue weighted by Crippen LogP contribution is 2.31. The Kier molecular flexibility index (Phi) is 8.47. The first kappa shape index (κ1) is 26.9. The lowest BCUT2D eigenvalue weighted by molar-refractivity contribution is 0.0734. The van der Waals surface area contributed by atoms with Gasteiger partial charge in [0.1, 0.15) is 11.4 Å². The van der Waals surface area contributed by atoms with Gasteiger partial charge in [-0.05, 0) is 45.2 Å². The number of nitrogens with zero attached hydrogens (tertiary/aromatic N) is 5. The first-order valence-electron chi connectivity index (χ1n) is 13.1. The van der Waals surface area contributed by atoms with Gasteiger partial charge in [-0.15, -0.1) is 11.3 Å². The number of rotatable bonds is 7. The lowest BCUT2D eigenvalue weighted by Crippen LogP contribution is -2.46. The van der Waals surface area contributed by atoms with Crippen LogP contribution in [-0.2, 0) is 11.3 Å². The van der Waals surface area contributed by atoms with Crippen molar-refractivity contribution in [2.75, 3.05) is 39.4 Å². The van der Waals surface area contributed by atoms with Crippen molar-refractivity contribution in [3.05, 3.63) is 45.7 Å². The Balaban J connectivity index is 1.36. The average Bonchev–Trinajstić information content (AvgIpc) is 3.60. The number of nitrogens with one attached hydrogen (secondary N) is 1. The predicted octanol–water partition coefficient (Wildman–Crippen LogP) is 3.77. The van der Waals surface area contributed by atoms with E-state index >= 15 is 0 Å². The molecular weight excluding hydrogens is 528 g/mol. The second-order valence-electron chi connectivity index (χ2n) is 9.99. The van der Waals surface area contributed by atoms with Gasteiger partial charge in [0, 0.05) is 57.0 Å². The summed E-state index contributed by atoms with van der Waals surface area (Å²) in [5.74, 6) is 0.142. The zero-order chi connectivity index (χ0) is 26.6. The molecule has 0 unspecified atom stereocenters. The molecule has 5 rings (SSSR count). The van der Waals surface area contributed by atoms with Gasteiger partial charge in [0.15, 0.2) is 11.5 Å². The van der Waals surface area contributed by atoms with Gasteiger partial charge in [-0.3, -0.25) is 14.3 Å². The topological polar surface area (TPSA) is 106 Å². The Labute approximate surface area is 230 Å². The van der Waals surface area contributed by atoms with E-state index < -0.39 is 0 Å². The van der Waals surface area contributed by atoms with Gasteiger partial charge in [0.05, 0.1) is 22.4 Å². The number of thiophene rings is 1. The molecule has 0 saturated carbocycles. The van der Waals surface area contributed by atoms with E-state index in [9.17, 15) is 9.59 Å². The lowest BCUT2D eigenvalue weighted by Gasteiger charge is -2.34. The molecule has 1 N–H and O–H groups in total. The van der Waals surface area contributed by atoms with Gasteiger partial charge in [0.25, 0.3) is 11.8 Å². The van der Waals surface area contributed by atoms with E-state index in [2.05, 4.69) is 34.3 Å². The summed E-state index contributed by atoms with van der Waals surface area (Å²) in [6.45, 7) is 8.66. The summed E-state index contributed by atoms with van der Waals surface area (Å²) in [5, 5.41) is 11.9. The van der Waals surface area contributed by atoms with E-state index in [1.807, 2.05) is 6.07 Å². The Bertz CT molecular complexity index is 1250. The van der Waals surface area contributed by atoms with Crippen molar-refractivity contribution in [1.82, 2.24) is 30.1 Å². The summed E-state index contributed by atoms with van der Waals surface area (Å²) in [6.07, 6.45) is 2.53. The number of likely N-dealkylation sites (tertiary alicyclic amines) is 1. The van der Waals surface area contributed by atoms with E-state index in [4.69, 9.17) is 20.9 Å². The summed E-state index contributed by atoms with van der Waals surface area (Å²) in [4.78, 5) is 31.7. The minimum Gasteiger partial charge on any atom is -0.380 e. The first-order valence-corrected chi connectivity index (χ1v) is 14.3. The van der Waals surface area contributed by atoms with Crippen LogP contribution in [0.1, 0.15) is 59.8 Å². The summed E-state index contributed by atoms with van der Waals surface area (Å²) in [7, 11) is 0. The quantitative estimate of drug-likeness (QED) is 0.469. The van der Waals surface area contributed by atoms with Crippen LogP contribution in [-0.4, -0.2) is 88.0 Å². The molecule has 0 atom stereocenters. The first-order chi connectivity index (χ1) is 18.4. The molecule has 0 radical (unpaired) electrons. The van der Waals surface area contributed by atoms with Gasteiger partial charge < -0.3 is 24.4 Å². The average molecular weight is 561 g/mol. The fourth-order valence-corrected chi connectivity index (χ4v) is 5.85. The Morgan fingerprint density at radius 3 is 2.71 bits per heavy atom. The third-order valence-corrected chi connectivity index (χ3v) is 8.27. The molecule has 3 aromatic rings. The summed E-state index contributed by atoms with van der Waals surface area (Å²) < 4.78 is 13.2. The largest absolute Gasteiger partial charge is 0.380 e. The van der Waals surface area contributed by atoms with Crippen LogP contribution in [0.5, 0.6) is 0 Å². The van der Waals surface area contributed by atoms with Crippen molar-refractivity contribution >= 4 is 34.8 Å². The van der Waals surface area contributed by atoms with Crippen LogP contribution >= 0.6 is 22.9 Å². The molecule has 0 aromatic carbocycles. The van der Waals surface area contributed by atoms with Crippen molar-refractivity contribution in [3.63, 3.8) is 0 Å². The molecule has 0 bridgehead atoms. The van der Waals surface area contributed by atoms with Crippen molar-refractivity contribution in [1.29, 1.82) is 0 Å². The third kappa shape index (κ3) is 6.28. The normalized spacial score (nSPS) is 17.6. The molecule has 0 aliphatic carbocycles. The van der Waals surface area contributed by atoms with Crippen molar-refractivity contribution < 1.29 is 18.8 Å². The Hall–Kier alpha value is -2.73. The number of ether oxygens (including phenoxy) is 1. The molecule has 2 saturated heterocycles. The molecular formula is C26H33ClN6O4S. The van der Waals surface area contributed by atoms with Crippen LogP contribution in [0.15, 0.2) is 28.8 Å². The van der Waals surface area contributed by atoms with Crippen LogP contribution < -0.4 is 5.32 Å². The number of aromatic nitrogens is 3. The summed E-state index contributed by atoms with van der Waals surface area (Å²) >= 11 is 7.46. The SMILES string of the molecule is CC(C)N1CCC(NC(=O)c2cc(C(=O)N3CCCOCC3)nn2Cc2cc(-c3ccc(Cl)s3)on2)CC1. The molecule has 2 aliphatic heterocycles. The van der Waals surface area contributed by atoms with Crippen molar-refractivity contribution in [3.8, 4) is 10.6 Å². The fourth-order valence-electron chi connectivity index (χ4n) is 4.86. The maximum absolute atomic E-state index is 13.4. The maximum atomic E-state index is 13.4. The molecule has 2 aliphatic rings. The van der Waals surface area contributed by atoms with E-state index in [-0.39, 0.29) is 30.1 Å². The van der Waals surface area contributed by atoms with Crippen LogP contribution in [0.3, 0.4) is 0 Å². The number of hydrogen-bond donors (Lipinski definition) is 1. The van der Waals surface area contributed by atoms with E-state index in [1.54, 1.807) is 27.8 Å². The van der Waals surface area contributed by atoms with Crippen LogP contribution in [0.4, 0.5) is 0 Å². The number of halogens is 1. The highest BCUT2D eigenvalue weighted by Gasteiger charge is 2.27. The minimum absolute atomic E-state index is 0.0741. The lowest BCUT2D eigenvalue weighted by atomic mass is 10.0. The molecule has 2 amide bonds. The van der Waals surface area contributed by atoms with Gasteiger partial charge >= 0.3 is 0 Å². The highest BCUT2D eigenvalue weighted by atomic mass is 35.5. The number of carbonyl (C=O) groups excluding carboxylic acids is 2. The Morgan fingerprint density at radius 1 is 1.16 bits per heavy atom. The van der Waals surface area contributed by atoms with Gasteiger partial charge in [-0.25, -0.2) is 0 Å². The highest BCUT2D eigenvalue weighted by molar-refractivity contribution is 7.19. The monoisotopic (exact) mass is 560 g/mol. The number of hydrogen-bond acceptors (Lipinski definition) is 8. The molecule has 10 nitrogen and oxygen atoms in total. The predicted molar refractivity (Wildman–Crippen MR) is 145 cm³/mol. The Morgan fingerprint density at radius 2 is 1.97 bits per heavy atom. The standard InChI is InChI=1S/C26H33ClN6O4S/c1-17(2)31-9-6-18(7-10-31)28-25(34)21-15-20(26(35)32-8-3-12-36-13-11-32)29-33(21)16-19-14-22(37-30-19)23-4-5-24(27)38-23/h4-5,14-15,17-18H,3,6-13,16H2,1-2H3,(H,28,34). The maximum Gasteiger partial charge on any atom is 0.274 e. The molecule has 5 heterocycles. The van der Waals surface area contributed by atoms with E-state index in [0.717, 1.165) is 37.2 Å². The molecule has 38 heavy (non-hydrogen) atoms. The smallest absolute Gasteiger partial charge is 0.274 e. The van der Waals surface area contributed by atoms with Gasteiger partial charge in [-0.2, -0.15) is 5.10 Å². The second-order valence-corrected chi connectivity index (χ2v) is 11.7. The van der Waals surface area contributed by atoms with Crippen LogP contribution in [0.25, 0.3) is 10.6 Å².